The summed E-state index contributed by atoms with van der Waals surface area (Å²) in [5.74, 6) is 0.985. The fourth-order valence-electron chi connectivity index (χ4n) is 1.80. The van der Waals surface area contributed by atoms with E-state index in [-0.39, 0.29) is 0 Å². The van der Waals surface area contributed by atoms with Gasteiger partial charge in [0.15, 0.2) is 0 Å². The van der Waals surface area contributed by atoms with Crippen LogP contribution in [0.3, 0.4) is 0 Å². The summed E-state index contributed by atoms with van der Waals surface area (Å²) in [6.07, 6.45) is 1.76. The molecule has 0 spiro atoms. The molecule has 0 saturated heterocycles. The normalized spacial score (nSPS) is 10.5. The third-order valence-corrected chi connectivity index (χ3v) is 2.63. The first-order chi connectivity index (χ1) is 8.31. The van der Waals surface area contributed by atoms with E-state index in [1.54, 1.807) is 10.9 Å². The third kappa shape index (κ3) is 2.82. The van der Waals surface area contributed by atoms with E-state index in [2.05, 4.69) is 27.3 Å². The second-order valence-corrected chi connectivity index (χ2v) is 3.91. The highest BCUT2D eigenvalue weighted by Crippen LogP contribution is 2.13. The molecule has 2 rings (SSSR count). The zero-order valence-corrected chi connectivity index (χ0v) is 9.95. The van der Waals surface area contributed by atoms with Gasteiger partial charge < -0.3 is 10.6 Å². The smallest absolute Gasteiger partial charge is 0.147 e. The Morgan fingerprint density at radius 1 is 1.29 bits per heavy atom. The van der Waals surface area contributed by atoms with Crippen molar-refractivity contribution in [1.82, 2.24) is 15.0 Å². The first-order valence-electron chi connectivity index (χ1n) is 5.65. The summed E-state index contributed by atoms with van der Waals surface area (Å²) in [7, 11) is 1.89. The van der Waals surface area contributed by atoms with E-state index in [1.165, 1.54) is 5.56 Å². The Bertz CT molecular complexity index is 451. The van der Waals surface area contributed by atoms with E-state index in [1.807, 2.05) is 25.2 Å². The molecule has 90 valence electrons. The van der Waals surface area contributed by atoms with Gasteiger partial charge >= 0.3 is 0 Å². The molecule has 0 fully saturated rings. The van der Waals surface area contributed by atoms with Gasteiger partial charge in [0.2, 0.25) is 0 Å². The number of rotatable bonds is 5. The number of aromatic nitrogens is 3. The minimum Gasteiger partial charge on any atom is -0.350 e. The maximum atomic E-state index is 5.65. The van der Waals surface area contributed by atoms with E-state index in [9.17, 15) is 0 Å². The quantitative estimate of drug-likeness (QED) is 0.826. The molecule has 0 aliphatic heterocycles. The molecule has 17 heavy (non-hydrogen) atoms. The summed E-state index contributed by atoms with van der Waals surface area (Å²) in [5, 5.41) is 7.84. The number of benzene rings is 1. The van der Waals surface area contributed by atoms with Crippen molar-refractivity contribution in [3.8, 4) is 0 Å². The van der Waals surface area contributed by atoms with E-state index in [0.29, 0.717) is 6.54 Å². The summed E-state index contributed by atoms with van der Waals surface area (Å²) in [6.45, 7) is 2.22. The van der Waals surface area contributed by atoms with E-state index >= 15 is 0 Å². The van der Waals surface area contributed by atoms with Crippen molar-refractivity contribution in [3.63, 3.8) is 0 Å². The van der Waals surface area contributed by atoms with Gasteiger partial charge in [-0.05, 0) is 5.56 Å². The van der Waals surface area contributed by atoms with Crippen molar-refractivity contribution in [3.05, 3.63) is 42.1 Å². The molecule has 0 aliphatic carbocycles. The van der Waals surface area contributed by atoms with Gasteiger partial charge in [-0.15, -0.1) is 5.10 Å². The molecule has 1 aromatic carbocycles. The zero-order chi connectivity index (χ0) is 12.1. The van der Waals surface area contributed by atoms with Crippen molar-refractivity contribution >= 4 is 5.82 Å². The number of hydrogen-bond donors (Lipinski definition) is 1. The van der Waals surface area contributed by atoms with Crippen molar-refractivity contribution in [1.29, 1.82) is 0 Å². The van der Waals surface area contributed by atoms with Crippen LogP contribution in [-0.4, -0.2) is 28.1 Å². The lowest BCUT2D eigenvalue weighted by Crippen LogP contribution is -2.30. The summed E-state index contributed by atoms with van der Waals surface area (Å²) < 4.78 is 1.76. The molecular weight excluding hydrogens is 214 g/mol. The van der Waals surface area contributed by atoms with Crippen molar-refractivity contribution < 1.29 is 0 Å². The van der Waals surface area contributed by atoms with Crippen molar-refractivity contribution in [2.45, 2.75) is 6.54 Å². The fourth-order valence-corrected chi connectivity index (χ4v) is 1.80. The minimum absolute atomic E-state index is 0.609. The minimum atomic E-state index is 0.609. The maximum Gasteiger partial charge on any atom is 0.147 e. The van der Waals surface area contributed by atoms with Gasteiger partial charge in [0.1, 0.15) is 5.82 Å². The van der Waals surface area contributed by atoms with Gasteiger partial charge in [-0.1, -0.05) is 35.5 Å². The highest BCUT2D eigenvalue weighted by Gasteiger charge is 2.10. The molecule has 0 atom stereocenters. The van der Waals surface area contributed by atoms with Crippen LogP contribution in [0.1, 0.15) is 5.56 Å². The number of anilines is 1. The third-order valence-electron chi connectivity index (χ3n) is 2.63. The molecule has 0 aliphatic rings. The summed E-state index contributed by atoms with van der Waals surface area (Å²) >= 11 is 0. The largest absolute Gasteiger partial charge is 0.350 e. The average Bonchev–Trinajstić information content (AvgIpc) is 2.76. The molecule has 0 unspecified atom stereocenters. The SMILES string of the molecule is Cn1nncc1N(CCN)Cc1ccccc1. The van der Waals surface area contributed by atoms with Gasteiger partial charge in [0, 0.05) is 26.7 Å². The average molecular weight is 231 g/mol. The Kier molecular flexibility index (Phi) is 3.72. The standard InChI is InChI=1S/C12H17N5/c1-16-12(9-14-15-16)17(8-7-13)10-11-5-3-2-4-6-11/h2-6,9H,7-8,10,13H2,1H3. The van der Waals surface area contributed by atoms with Crippen LogP contribution >= 0.6 is 0 Å². The molecule has 2 N–H and O–H groups in total. The van der Waals surface area contributed by atoms with Crippen LogP contribution in [0, 0.1) is 0 Å². The lowest BCUT2D eigenvalue weighted by molar-refractivity contribution is 0.676. The van der Waals surface area contributed by atoms with Gasteiger partial charge in [0.25, 0.3) is 0 Å². The van der Waals surface area contributed by atoms with Crippen molar-refractivity contribution in [2.75, 3.05) is 18.0 Å². The highest BCUT2D eigenvalue weighted by molar-refractivity contribution is 5.37. The molecule has 2 aromatic rings. The van der Waals surface area contributed by atoms with E-state index in [4.69, 9.17) is 5.73 Å². The lowest BCUT2D eigenvalue weighted by Gasteiger charge is -2.23. The van der Waals surface area contributed by atoms with Crippen LogP contribution in [0.2, 0.25) is 0 Å². The highest BCUT2D eigenvalue weighted by atomic mass is 15.5. The Labute approximate surface area is 101 Å². The van der Waals surface area contributed by atoms with E-state index in [0.717, 1.165) is 18.9 Å². The Hall–Kier alpha value is -1.88. The molecule has 0 amide bonds. The molecule has 0 saturated carbocycles. The van der Waals surface area contributed by atoms with Crippen LogP contribution in [-0.2, 0) is 13.6 Å². The Morgan fingerprint density at radius 2 is 2.06 bits per heavy atom. The number of aryl methyl sites for hydroxylation is 1. The number of hydrogen-bond acceptors (Lipinski definition) is 4. The first kappa shape index (κ1) is 11.6. The van der Waals surface area contributed by atoms with Crippen molar-refractivity contribution in [2.24, 2.45) is 12.8 Å². The van der Waals surface area contributed by atoms with Crippen LogP contribution in [0.4, 0.5) is 5.82 Å². The first-order valence-corrected chi connectivity index (χ1v) is 5.65. The number of nitrogens with zero attached hydrogens (tertiary/aromatic N) is 4. The molecule has 0 bridgehead atoms. The number of nitrogens with two attached hydrogens (primary N) is 1. The van der Waals surface area contributed by atoms with Gasteiger partial charge in [-0.3, -0.25) is 0 Å². The molecule has 5 heteroatoms. The molecular formula is C12H17N5. The molecule has 1 heterocycles. The van der Waals surface area contributed by atoms with Crippen LogP contribution in [0.5, 0.6) is 0 Å². The molecule has 1 aromatic heterocycles. The van der Waals surface area contributed by atoms with Crippen LogP contribution in [0.25, 0.3) is 0 Å². The van der Waals surface area contributed by atoms with E-state index < -0.39 is 0 Å². The fraction of sp³-hybridized carbons (Fsp3) is 0.333. The van der Waals surface area contributed by atoms with Gasteiger partial charge in [0.05, 0.1) is 6.20 Å². The second kappa shape index (κ2) is 5.45. The predicted molar refractivity (Wildman–Crippen MR) is 67.5 cm³/mol. The maximum absolute atomic E-state index is 5.65. The lowest BCUT2D eigenvalue weighted by atomic mass is 10.2. The Morgan fingerprint density at radius 3 is 2.65 bits per heavy atom. The summed E-state index contributed by atoms with van der Waals surface area (Å²) in [5.41, 5.74) is 6.90. The predicted octanol–water partition coefficient (Wildman–Crippen LogP) is 0.780. The summed E-state index contributed by atoms with van der Waals surface area (Å²) in [4.78, 5) is 2.18. The van der Waals surface area contributed by atoms with Gasteiger partial charge in [-0.25, -0.2) is 4.68 Å². The molecule has 5 nitrogen and oxygen atoms in total. The topological polar surface area (TPSA) is 60.0 Å². The molecule has 0 radical (unpaired) electrons. The monoisotopic (exact) mass is 231 g/mol. The summed E-state index contributed by atoms with van der Waals surface area (Å²) in [6, 6.07) is 10.3. The Balaban J connectivity index is 2.16. The second-order valence-electron chi connectivity index (χ2n) is 3.91. The van der Waals surface area contributed by atoms with Crippen LogP contribution < -0.4 is 10.6 Å². The van der Waals surface area contributed by atoms with Gasteiger partial charge in [-0.2, -0.15) is 0 Å². The zero-order valence-electron chi connectivity index (χ0n) is 9.95. The van der Waals surface area contributed by atoms with Crippen LogP contribution in [0.15, 0.2) is 36.5 Å².